The highest BCUT2D eigenvalue weighted by molar-refractivity contribution is 5.94. The second kappa shape index (κ2) is 10.8. The van der Waals surface area contributed by atoms with E-state index in [2.05, 4.69) is 5.32 Å². The average Bonchev–Trinajstić information content (AvgIpc) is 2.87. The number of carbonyl (C=O) groups excluding carboxylic acids is 1. The van der Waals surface area contributed by atoms with Gasteiger partial charge in [-0.2, -0.15) is 8.78 Å². The van der Waals surface area contributed by atoms with Gasteiger partial charge >= 0.3 is 0 Å². The van der Waals surface area contributed by atoms with E-state index in [0.29, 0.717) is 12.4 Å². The van der Waals surface area contributed by atoms with Crippen LogP contribution in [0.3, 0.4) is 0 Å². The van der Waals surface area contributed by atoms with Crippen molar-refractivity contribution in [3.8, 4) is 5.75 Å². The van der Waals surface area contributed by atoms with Crippen LogP contribution in [-0.2, 0) is 28.6 Å². The summed E-state index contributed by atoms with van der Waals surface area (Å²) in [5.74, 6) is -3.56. The van der Waals surface area contributed by atoms with Crippen molar-refractivity contribution in [1.29, 1.82) is 0 Å². The summed E-state index contributed by atoms with van der Waals surface area (Å²) in [6.45, 7) is 1.53. The number of ether oxygens (including phenoxy) is 3. The van der Waals surface area contributed by atoms with E-state index >= 15 is 4.39 Å². The number of hydrogen-bond donors (Lipinski definition) is 1. The molecular formula is C30H30F3NO4. The summed E-state index contributed by atoms with van der Waals surface area (Å²) in [7, 11) is 1.47. The lowest BCUT2D eigenvalue weighted by molar-refractivity contribution is -0.103. The lowest BCUT2D eigenvalue weighted by atomic mass is 9.77. The second-order valence-electron chi connectivity index (χ2n) is 9.97. The number of benzene rings is 3. The largest absolute Gasteiger partial charge is 0.496 e. The van der Waals surface area contributed by atoms with Crippen molar-refractivity contribution in [2.45, 2.75) is 57.0 Å². The van der Waals surface area contributed by atoms with Crippen molar-refractivity contribution < 1.29 is 32.2 Å². The van der Waals surface area contributed by atoms with Crippen molar-refractivity contribution in [3.63, 3.8) is 0 Å². The number of hydrogen-bond acceptors (Lipinski definition) is 4. The summed E-state index contributed by atoms with van der Waals surface area (Å²) < 4.78 is 59.9. The minimum atomic E-state index is -3.09. The summed E-state index contributed by atoms with van der Waals surface area (Å²) in [6.07, 6.45) is 1.71. The van der Waals surface area contributed by atoms with Crippen LogP contribution in [0.15, 0.2) is 60.7 Å². The molecule has 8 heteroatoms. The molecule has 5 rings (SSSR count). The fraction of sp³-hybridized carbons (Fsp3) is 0.367. The first-order valence-electron chi connectivity index (χ1n) is 12.7. The Morgan fingerprint density at radius 1 is 1.13 bits per heavy atom. The van der Waals surface area contributed by atoms with Crippen LogP contribution in [0.1, 0.15) is 69.9 Å². The molecule has 0 aromatic heterocycles. The molecule has 5 nitrogen and oxygen atoms in total. The third-order valence-corrected chi connectivity index (χ3v) is 7.31. The van der Waals surface area contributed by atoms with Crippen molar-refractivity contribution >= 4 is 5.91 Å². The first-order valence-corrected chi connectivity index (χ1v) is 12.7. The van der Waals surface area contributed by atoms with Crippen LogP contribution in [0.5, 0.6) is 5.75 Å². The van der Waals surface area contributed by atoms with Crippen LogP contribution in [0.2, 0.25) is 0 Å². The number of fused-ring (bicyclic) bond motifs is 1. The lowest BCUT2D eigenvalue weighted by Crippen LogP contribution is -2.31. The topological polar surface area (TPSA) is 56.8 Å². The summed E-state index contributed by atoms with van der Waals surface area (Å²) in [5, 5.41) is 2.76. The molecule has 1 fully saturated rings. The fourth-order valence-corrected chi connectivity index (χ4v) is 5.13. The van der Waals surface area contributed by atoms with Gasteiger partial charge in [-0.05, 0) is 66.6 Å². The number of alkyl halides is 2. The molecular weight excluding hydrogens is 495 g/mol. The zero-order valence-corrected chi connectivity index (χ0v) is 21.3. The maximum atomic E-state index is 15.3. The van der Waals surface area contributed by atoms with Gasteiger partial charge in [-0.1, -0.05) is 36.4 Å². The number of rotatable bonds is 8. The smallest absolute Gasteiger partial charge is 0.296 e. The van der Waals surface area contributed by atoms with Gasteiger partial charge < -0.3 is 19.5 Å². The van der Waals surface area contributed by atoms with Gasteiger partial charge in [0.25, 0.3) is 11.8 Å². The Hall–Kier alpha value is -3.36. The van der Waals surface area contributed by atoms with E-state index in [1.165, 1.54) is 31.4 Å². The van der Waals surface area contributed by atoms with Gasteiger partial charge in [0.2, 0.25) is 0 Å². The van der Waals surface area contributed by atoms with Gasteiger partial charge in [0.15, 0.2) is 0 Å². The Bertz CT molecular complexity index is 1310. The van der Waals surface area contributed by atoms with Crippen molar-refractivity contribution in [2.24, 2.45) is 0 Å². The third kappa shape index (κ3) is 5.42. The maximum Gasteiger partial charge on any atom is 0.296 e. The molecule has 2 aliphatic rings. The molecule has 1 aliphatic heterocycles. The number of halogens is 3. The molecule has 0 bridgehead atoms. The highest BCUT2D eigenvalue weighted by atomic mass is 19.3. The minimum absolute atomic E-state index is 0.00479. The zero-order chi connectivity index (χ0) is 26.9. The van der Waals surface area contributed by atoms with Gasteiger partial charge in [-0.3, -0.25) is 4.79 Å². The first kappa shape index (κ1) is 26.3. The molecule has 1 N–H and O–H groups in total. The predicted molar refractivity (Wildman–Crippen MR) is 136 cm³/mol. The van der Waals surface area contributed by atoms with Gasteiger partial charge in [-0.25, -0.2) is 4.39 Å². The predicted octanol–water partition coefficient (Wildman–Crippen LogP) is 6.41. The molecule has 1 atom stereocenters. The van der Waals surface area contributed by atoms with E-state index in [1.54, 1.807) is 6.92 Å². The second-order valence-corrected chi connectivity index (χ2v) is 9.97. The lowest BCUT2D eigenvalue weighted by Gasteiger charge is -2.36. The van der Waals surface area contributed by atoms with E-state index in [-0.39, 0.29) is 40.9 Å². The van der Waals surface area contributed by atoms with E-state index in [4.69, 9.17) is 14.2 Å². The Balaban J connectivity index is 1.24. The van der Waals surface area contributed by atoms with Crippen LogP contribution >= 0.6 is 0 Å². The number of amides is 1. The molecule has 1 aliphatic carbocycles. The van der Waals surface area contributed by atoms with Crippen LogP contribution in [0.4, 0.5) is 13.2 Å². The van der Waals surface area contributed by atoms with Crippen LogP contribution in [0, 0.1) is 5.82 Å². The Morgan fingerprint density at radius 2 is 1.89 bits per heavy atom. The monoisotopic (exact) mass is 525 g/mol. The third-order valence-electron chi connectivity index (χ3n) is 7.31. The summed E-state index contributed by atoms with van der Waals surface area (Å²) >= 11 is 0. The van der Waals surface area contributed by atoms with Gasteiger partial charge in [-0.15, -0.1) is 0 Å². The molecule has 38 heavy (non-hydrogen) atoms. The fourth-order valence-electron chi connectivity index (χ4n) is 5.13. The quantitative estimate of drug-likeness (QED) is 0.369. The molecule has 1 amide bonds. The zero-order valence-electron chi connectivity index (χ0n) is 21.3. The molecule has 3 aromatic rings. The summed E-state index contributed by atoms with van der Waals surface area (Å²) in [6, 6.07) is 16.6. The number of carbonyl (C=O) groups is 1. The molecule has 3 aromatic carbocycles. The standard InChI is InChI=1S/C30H30F3NO4/c1-18(34-29(35)20-8-9-25-23(10-20)16-37-17-30(25,32)33)28-26(31)13-22(14-27(28)36-2)21-11-24(12-21)38-15-19-6-4-3-5-7-19/h3-10,13-14,18,21,24H,11-12,15-17H2,1-2H3,(H,34,35)/t18-,21?,24?/m0/s1. The van der Waals surface area contributed by atoms with Crippen molar-refractivity contribution in [1.82, 2.24) is 5.32 Å². The van der Waals surface area contributed by atoms with Crippen LogP contribution in [-0.4, -0.2) is 25.7 Å². The minimum Gasteiger partial charge on any atom is -0.496 e. The van der Waals surface area contributed by atoms with Gasteiger partial charge in [0.05, 0.1) is 38.0 Å². The Labute approximate surface area is 219 Å². The van der Waals surface area contributed by atoms with Crippen molar-refractivity contribution in [3.05, 3.63) is 99.9 Å². The SMILES string of the molecule is COc1cc(C2CC(OCc3ccccc3)C2)cc(F)c1[C@H](C)NC(=O)c1ccc2c(c1)COCC2(F)F. The average molecular weight is 526 g/mol. The summed E-state index contributed by atoms with van der Waals surface area (Å²) in [4.78, 5) is 12.9. The molecule has 0 unspecified atom stereocenters. The van der Waals surface area contributed by atoms with Crippen LogP contribution < -0.4 is 10.1 Å². The van der Waals surface area contributed by atoms with E-state index in [0.717, 1.165) is 24.0 Å². The maximum absolute atomic E-state index is 15.3. The van der Waals surface area contributed by atoms with Gasteiger partial charge in [0, 0.05) is 11.1 Å². The molecule has 1 saturated carbocycles. The Kier molecular flexibility index (Phi) is 7.45. The molecule has 0 saturated heterocycles. The number of nitrogens with one attached hydrogen (secondary N) is 1. The highest BCUT2D eigenvalue weighted by Gasteiger charge is 2.38. The normalized spacial score (nSPS) is 20.7. The van der Waals surface area contributed by atoms with Gasteiger partial charge in [0.1, 0.15) is 18.2 Å². The summed E-state index contributed by atoms with van der Waals surface area (Å²) in [5.41, 5.74) is 2.50. The van der Waals surface area contributed by atoms with Crippen molar-refractivity contribution in [2.75, 3.05) is 13.7 Å². The number of methoxy groups -OCH3 is 1. The molecule has 200 valence electrons. The van der Waals surface area contributed by atoms with E-state index in [1.807, 2.05) is 36.4 Å². The first-order chi connectivity index (χ1) is 18.2. The highest BCUT2D eigenvalue weighted by Crippen LogP contribution is 2.42. The molecule has 0 spiro atoms. The van der Waals surface area contributed by atoms with E-state index in [9.17, 15) is 13.6 Å². The molecule has 0 radical (unpaired) electrons. The Morgan fingerprint density at radius 3 is 2.63 bits per heavy atom. The van der Waals surface area contributed by atoms with Crippen LogP contribution in [0.25, 0.3) is 0 Å². The molecule has 1 heterocycles. The van der Waals surface area contributed by atoms with E-state index < -0.39 is 30.3 Å².